The number of rotatable bonds is 4. The lowest BCUT2D eigenvalue weighted by atomic mass is 10.2. The number of hydrogen-bond donors (Lipinski definition) is 1. The minimum absolute atomic E-state index is 0.133. The van der Waals surface area contributed by atoms with Gasteiger partial charge in [0, 0.05) is 26.0 Å². The SMILES string of the molecule is CN(Cc1ccccc1)C(=O)Cc1cc[nH]c1. The second-order valence-electron chi connectivity index (χ2n) is 4.13. The predicted molar refractivity (Wildman–Crippen MR) is 67.4 cm³/mol. The Bertz CT molecular complexity index is 462. The maximum Gasteiger partial charge on any atom is 0.227 e. The molecule has 1 aromatic heterocycles. The minimum Gasteiger partial charge on any atom is -0.367 e. The van der Waals surface area contributed by atoms with Gasteiger partial charge >= 0.3 is 0 Å². The summed E-state index contributed by atoms with van der Waals surface area (Å²) in [7, 11) is 1.84. The molecule has 1 N–H and O–H groups in total. The lowest BCUT2D eigenvalue weighted by molar-refractivity contribution is -0.129. The standard InChI is InChI=1S/C14H16N2O/c1-16(11-12-5-3-2-4-6-12)14(17)9-13-7-8-15-10-13/h2-8,10,15H,9,11H2,1H3. The number of carbonyl (C=O) groups excluding carboxylic acids is 1. The summed E-state index contributed by atoms with van der Waals surface area (Å²) < 4.78 is 0. The van der Waals surface area contributed by atoms with E-state index >= 15 is 0 Å². The van der Waals surface area contributed by atoms with Crippen LogP contribution in [0.4, 0.5) is 0 Å². The summed E-state index contributed by atoms with van der Waals surface area (Å²) >= 11 is 0. The molecule has 3 nitrogen and oxygen atoms in total. The molecule has 0 aliphatic heterocycles. The van der Waals surface area contributed by atoms with Gasteiger partial charge in [0.25, 0.3) is 0 Å². The van der Waals surface area contributed by atoms with Gasteiger partial charge in [0.05, 0.1) is 6.42 Å². The molecular weight excluding hydrogens is 212 g/mol. The Morgan fingerprint density at radius 2 is 1.94 bits per heavy atom. The summed E-state index contributed by atoms with van der Waals surface area (Å²) in [6, 6.07) is 11.9. The van der Waals surface area contributed by atoms with Gasteiger partial charge < -0.3 is 9.88 Å². The molecule has 1 amide bonds. The van der Waals surface area contributed by atoms with Crippen molar-refractivity contribution in [2.24, 2.45) is 0 Å². The van der Waals surface area contributed by atoms with Crippen LogP contribution in [0.25, 0.3) is 0 Å². The third-order valence-electron chi connectivity index (χ3n) is 2.71. The summed E-state index contributed by atoms with van der Waals surface area (Å²) in [5, 5.41) is 0. The van der Waals surface area contributed by atoms with E-state index in [1.165, 1.54) is 0 Å². The van der Waals surface area contributed by atoms with Crippen molar-refractivity contribution in [3.8, 4) is 0 Å². The fourth-order valence-electron chi connectivity index (χ4n) is 1.72. The van der Waals surface area contributed by atoms with Gasteiger partial charge in [0.15, 0.2) is 0 Å². The van der Waals surface area contributed by atoms with E-state index in [0.29, 0.717) is 13.0 Å². The van der Waals surface area contributed by atoms with E-state index < -0.39 is 0 Å². The van der Waals surface area contributed by atoms with E-state index in [0.717, 1.165) is 11.1 Å². The second-order valence-corrected chi connectivity index (χ2v) is 4.13. The lowest BCUT2D eigenvalue weighted by Crippen LogP contribution is -2.27. The molecule has 0 aliphatic carbocycles. The molecule has 3 heteroatoms. The maximum absolute atomic E-state index is 11.9. The molecule has 2 rings (SSSR count). The number of aromatic amines is 1. The van der Waals surface area contributed by atoms with Gasteiger partial charge in [-0.1, -0.05) is 30.3 Å². The van der Waals surface area contributed by atoms with E-state index in [9.17, 15) is 4.79 Å². The van der Waals surface area contributed by atoms with Crippen molar-refractivity contribution < 1.29 is 4.79 Å². The summed E-state index contributed by atoms with van der Waals surface area (Å²) in [6.07, 6.45) is 4.14. The summed E-state index contributed by atoms with van der Waals surface area (Å²) in [5.41, 5.74) is 2.17. The number of nitrogens with one attached hydrogen (secondary N) is 1. The zero-order chi connectivity index (χ0) is 12.1. The Morgan fingerprint density at radius 3 is 2.59 bits per heavy atom. The highest BCUT2D eigenvalue weighted by Crippen LogP contribution is 2.05. The van der Waals surface area contributed by atoms with Gasteiger partial charge in [0.1, 0.15) is 0 Å². The van der Waals surface area contributed by atoms with Crippen molar-refractivity contribution in [3.05, 3.63) is 59.9 Å². The number of aromatic nitrogens is 1. The van der Waals surface area contributed by atoms with Crippen molar-refractivity contribution in [1.82, 2.24) is 9.88 Å². The van der Waals surface area contributed by atoms with Gasteiger partial charge in [-0.25, -0.2) is 0 Å². The fraction of sp³-hybridized carbons (Fsp3) is 0.214. The first-order valence-electron chi connectivity index (χ1n) is 5.65. The monoisotopic (exact) mass is 228 g/mol. The van der Waals surface area contributed by atoms with Crippen LogP contribution in [0.3, 0.4) is 0 Å². The Labute approximate surface area is 101 Å². The van der Waals surface area contributed by atoms with Crippen molar-refractivity contribution in [3.63, 3.8) is 0 Å². The van der Waals surface area contributed by atoms with Crippen LogP contribution < -0.4 is 0 Å². The molecule has 0 fully saturated rings. The van der Waals surface area contributed by atoms with Crippen molar-refractivity contribution in [2.45, 2.75) is 13.0 Å². The van der Waals surface area contributed by atoms with Crippen LogP contribution in [-0.4, -0.2) is 22.8 Å². The molecule has 0 spiro atoms. The average Bonchev–Trinajstić information content (AvgIpc) is 2.83. The van der Waals surface area contributed by atoms with Crippen molar-refractivity contribution in [1.29, 1.82) is 0 Å². The maximum atomic E-state index is 11.9. The van der Waals surface area contributed by atoms with E-state index in [2.05, 4.69) is 4.98 Å². The van der Waals surface area contributed by atoms with Crippen LogP contribution >= 0.6 is 0 Å². The van der Waals surface area contributed by atoms with Gasteiger partial charge in [0.2, 0.25) is 5.91 Å². The van der Waals surface area contributed by atoms with Crippen LogP contribution in [0.2, 0.25) is 0 Å². The number of likely N-dealkylation sites (N-methyl/N-ethyl adjacent to an activating group) is 1. The number of H-pyrrole nitrogens is 1. The third-order valence-corrected chi connectivity index (χ3v) is 2.71. The largest absolute Gasteiger partial charge is 0.367 e. The van der Waals surface area contributed by atoms with E-state index in [4.69, 9.17) is 0 Å². The first-order chi connectivity index (χ1) is 8.25. The number of nitrogens with zero attached hydrogens (tertiary/aromatic N) is 1. The van der Waals surface area contributed by atoms with E-state index in [1.807, 2.05) is 55.8 Å². The van der Waals surface area contributed by atoms with E-state index in [-0.39, 0.29) is 5.91 Å². The average molecular weight is 228 g/mol. The highest BCUT2D eigenvalue weighted by Gasteiger charge is 2.09. The van der Waals surface area contributed by atoms with Crippen LogP contribution in [0.1, 0.15) is 11.1 Å². The Hall–Kier alpha value is -2.03. The predicted octanol–water partition coefficient (Wildman–Crippen LogP) is 2.22. The van der Waals surface area contributed by atoms with Crippen LogP contribution in [-0.2, 0) is 17.8 Å². The number of hydrogen-bond acceptors (Lipinski definition) is 1. The van der Waals surface area contributed by atoms with Crippen LogP contribution in [0.15, 0.2) is 48.8 Å². The van der Waals surface area contributed by atoms with Crippen LogP contribution in [0.5, 0.6) is 0 Å². The number of amides is 1. The normalized spacial score (nSPS) is 10.2. The van der Waals surface area contributed by atoms with Gasteiger partial charge in [-0.3, -0.25) is 4.79 Å². The molecule has 88 valence electrons. The molecule has 0 radical (unpaired) electrons. The van der Waals surface area contributed by atoms with E-state index in [1.54, 1.807) is 4.90 Å². The topological polar surface area (TPSA) is 36.1 Å². The second kappa shape index (κ2) is 5.34. The zero-order valence-electron chi connectivity index (χ0n) is 9.89. The zero-order valence-corrected chi connectivity index (χ0v) is 9.89. The number of benzene rings is 1. The molecule has 0 aliphatic rings. The lowest BCUT2D eigenvalue weighted by Gasteiger charge is -2.16. The highest BCUT2D eigenvalue weighted by molar-refractivity contribution is 5.78. The Kier molecular flexibility index (Phi) is 3.60. The summed E-state index contributed by atoms with van der Waals surface area (Å²) in [6.45, 7) is 0.657. The summed E-state index contributed by atoms with van der Waals surface area (Å²) in [5.74, 6) is 0.133. The molecule has 0 bridgehead atoms. The number of carbonyl (C=O) groups is 1. The molecule has 0 atom stereocenters. The molecule has 0 unspecified atom stereocenters. The Balaban J connectivity index is 1.92. The minimum atomic E-state index is 0.133. The molecule has 0 saturated heterocycles. The Morgan fingerprint density at radius 1 is 1.18 bits per heavy atom. The van der Waals surface area contributed by atoms with Gasteiger partial charge in [-0.15, -0.1) is 0 Å². The molecule has 2 aromatic rings. The van der Waals surface area contributed by atoms with Gasteiger partial charge in [-0.05, 0) is 17.2 Å². The van der Waals surface area contributed by atoms with Crippen LogP contribution in [0, 0.1) is 0 Å². The molecule has 17 heavy (non-hydrogen) atoms. The first kappa shape index (κ1) is 11.5. The summed E-state index contributed by atoms with van der Waals surface area (Å²) in [4.78, 5) is 16.6. The molecule has 0 saturated carbocycles. The molecule has 1 aromatic carbocycles. The quantitative estimate of drug-likeness (QED) is 0.855. The smallest absolute Gasteiger partial charge is 0.227 e. The molecular formula is C14H16N2O. The van der Waals surface area contributed by atoms with Crippen molar-refractivity contribution >= 4 is 5.91 Å². The fourth-order valence-corrected chi connectivity index (χ4v) is 1.72. The molecule has 1 heterocycles. The van der Waals surface area contributed by atoms with Gasteiger partial charge in [-0.2, -0.15) is 0 Å². The first-order valence-corrected chi connectivity index (χ1v) is 5.65. The third kappa shape index (κ3) is 3.21. The highest BCUT2D eigenvalue weighted by atomic mass is 16.2. The van der Waals surface area contributed by atoms with Crippen molar-refractivity contribution in [2.75, 3.05) is 7.05 Å².